The van der Waals surface area contributed by atoms with Crippen LogP contribution in [0.2, 0.25) is 0 Å². The highest BCUT2D eigenvalue weighted by Crippen LogP contribution is 2.83. The van der Waals surface area contributed by atoms with Crippen LogP contribution in [0, 0.1) is 22.2 Å². The molecule has 2 saturated carbocycles. The number of ether oxygens (including phenoxy) is 5. The molecule has 0 aromatic heterocycles. The first kappa shape index (κ1) is 23.3. The van der Waals surface area contributed by atoms with Gasteiger partial charge in [-0.3, -0.25) is 0 Å². The van der Waals surface area contributed by atoms with Crippen molar-refractivity contribution in [3.05, 3.63) is 47.0 Å². The van der Waals surface area contributed by atoms with E-state index in [9.17, 15) is 24.6 Å². The van der Waals surface area contributed by atoms with Gasteiger partial charge < -0.3 is 33.9 Å². The summed E-state index contributed by atoms with van der Waals surface area (Å²) in [6.07, 6.45) is -7.86. The molecule has 0 radical (unpaired) electrons. The quantitative estimate of drug-likeness (QED) is 0.441. The van der Waals surface area contributed by atoms with E-state index in [0.29, 0.717) is 0 Å². The van der Waals surface area contributed by atoms with Crippen molar-refractivity contribution < 1.29 is 48.3 Å². The third-order valence-corrected chi connectivity index (χ3v) is 9.53. The van der Waals surface area contributed by atoms with E-state index in [-0.39, 0.29) is 17.8 Å². The zero-order valence-electron chi connectivity index (χ0n) is 20.8. The van der Waals surface area contributed by atoms with Gasteiger partial charge in [0.05, 0.1) is 23.5 Å². The average molecular weight is 513 g/mol. The highest BCUT2D eigenvalue weighted by atomic mass is 16.8. The minimum atomic E-state index is -1.97. The molecule has 4 aliphatic heterocycles. The van der Waals surface area contributed by atoms with Crippen LogP contribution in [0.25, 0.3) is 0 Å². The molecular formula is C27H28O10. The maximum absolute atomic E-state index is 13.7. The molecular weight excluding hydrogens is 484 g/mol. The van der Waals surface area contributed by atoms with Crippen LogP contribution in [0.1, 0.15) is 33.3 Å². The van der Waals surface area contributed by atoms with Gasteiger partial charge in [-0.25, -0.2) is 14.4 Å². The molecule has 0 unspecified atom stereocenters. The molecule has 4 heterocycles. The summed E-state index contributed by atoms with van der Waals surface area (Å²) >= 11 is 0. The maximum atomic E-state index is 13.7. The molecule has 37 heavy (non-hydrogen) atoms. The molecule has 0 amide bonds. The normalized spacial score (nSPS) is 47.0. The molecule has 5 fully saturated rings. The van der Waals surface area contributed by atoms with Gasteiger partial charge in [0.15, 0.2) is 12.2 Å². The van der Waals surface area contributed by atoms with Crippen LogP contribution in [0.3, 0.4) is 0 Å². The molecule has 10 heteroatoms. The number of esters is 3. The van der Waals surface area contributed by atoms with Gasteiger partial charge >= 0.3 is 17.9 Å². The van der Waals surface area contributed by atoms with Crippen LogP contribution < -0.4 is 0 Å². The second-order valence-corrected chi connectivity index (χ2v) is 12.0. The van der Waals surface area contributed by atoms with E-state index in [4.69, 9.17) is 23.7 Å². The summed E-state index contributed by atoms with van der Waals surface area (Å²) in [6, 6.07) is 9.25. The lowest BCUT2D eigenvalue weighted by atomic mass is 9.51. The van der Waals surface area contributed by atoms with Gasteiger partial charge in [0.25, 0.3) is 0 Å². The molecule has 10 atom stereocenters. The number of aliphatic hydroxyl groups is 2. The second-order valence-electron chi connectivity index (χ2n) is 12.0. The lowest BCUT2D eigenvalue weighted by molar-refractivity contribution is -0.195. The van der Waals surface area contributed by atoms with Crippen LogP contribution in [0.15, 0.2) is 41.5 Å². The molecule has 1 aromatic carbocycles. The Balaban J connectivity index is 1.50. The van der Waals surface area contributed by atoms with E-state index < -0.39 is 82.5 Å². The summed E-state index contributed by atoms with van der Waals surface area (Å²) in [6.45, 7) is 7.24. The fourth-order valence-corrected chi connectivity index (χ4v) is 8.73. The zero-order valence-corrected chi connectivity index (χ0v) is 20.8. The Morgan fingerprint density at radius 2 is 1.73 bits per heavy atom. The van der Waals surface area contributed by atoms with Gasteiger partial charge in [-0.1, -0.05) is 51.1 Å². The van der Waals surface area contributed by atoms with Gasteiger partial charge in [-0.05, 0) is 17.9 Å². The molecule has 0 bridgehead atoms. The fourth-order valence-electron chi connectivity index (χ4n) is 8.73. The van der Waals surface area contributed by atoms with Crippen molar-refractivity contribution in [2.75, 3.05) is 0 Å². The largest absolute Gasteiger partial charge is 0.456 e. The maximum Gasteiger partial charge on any atom is 0.344 e. The summed E-state index contributed by atoms with van der Waals surface area (Å²) in [4.78, 5) is 39.8. The Morgan fingerprint density at radius 1 is 1.03 bits per heavy atom. The van der Waals surface area contributed by atoms with Gasteiger partial charge in [0.2, 0.25) is 11.9 Å². The van der Waals surface area contributed by atoms with E-state index in [1.165, 1.54) is 6.92 Å². The number of carbonyl (C=O) groups excluding carboxylic acids is 3. The van der Waals surface area contributed by atoms with Crippen LogP contribution in [0.4, 0.5) is 0 Å². The van der Waals surface area contributed by atoms with Crippen molar-refractivity contribution in [1.29, 1.82) is 0 Å². The predicted octanol–water partition coefficient (Wildman–Crippen LogP) is 0.775. The molecule has 2 N–H and O–H groups in total. The van der Waals surface area contributed by atoms with Crippen LogP contribution in [0.5, 0.6) is 0 Å². The summed E-state index contributed by atoms with van der Waals surface area (Å²) in [5, 5.41) is 23.8. The first-order valence-electron chi connectivity index (χ1n) is 12.5. The van der Waals surface area contributed by atoms with E-state index in [1.807, 2.05) is 51.1 Å². The molecule has 10 nitrogen and oxygen atoms in total. The number of rotatable bonds is 3. The summed E-state index contributed by atoms with van der Waals surface area (Å²) in [5.41, 5.74) is -4.77. The van der Waals surface area contributed by atoms with Crippen LogP contribution >= 0.6 is 0 Å². The highest BCUT2D eigenvalue weighted by Gasteiger charge is 3.01. The average Bonchev–Trinajstić information content (AvgIpc) is 3.55. The SMILES string of the molecule is CC1=C2[C@H](OC1=O)[C@H](O)[C@]13[C@@H]4OC(=O)[C@]21O[C@@H]1OC(=O)[C@H](OCc2ccccc2)[C@@]13[C@H](C(C)(C)C)[C@H]4O. The van der Waals surface area contributed by atoms with Gasteiger partial charge in [0.1, 0.15) is 12.2 Å². The predicted molar refractivity (Wildman–Crippen MR) is 121 cm³/mol. The summed E-state index contributed by atoms with van der Waals surface area (Å²) < 4.78 is 29.9. The van der Waals surface area contributed by atoms with Gasteiger partial charge in [0, 0.05) is 17.1 Å². The number of hydrogen-bond acceptors (Lipinski definition) is 10. The van der Waals surface area contributed by atoms with Crippen molar-refractivity contribution in [3.63, 3.8) is 0 Å². The molecule has 2 aliphatic carbocycles. The van der Waals surface area contributed by atoms with Crippen molar-refractivity contribution in [2.45, 2.75) is 76.7 Å². The standard InChI is InChI=1S/C27H28O10/c1-11-13-15(34-20(11)30)17(29)26-18-14(28)16(24(2,3)4)25(26)19(33-10-12-8-6-5-7-9-12)21(31)36-23(25)37-27(13,26)22(32)35-18/h5-9,14-19,23,28-29H,10H2,1-4H3/t14-,15+,16+,17+,18-,19+,23+,25+,26-,27-/m1/s1. The molecule has 2 spiro atoms. The molecule has 3 saturated heterocycles. The first-order chi connectivity index (χ1) is 17.5. The Morgan fingerprint density at radius 3 is 2.41 bits per heavy atom. The van der Waals surface area contributed by atoms with Crippen molar-refractivity contribution in [3.8, 4) is 0 Å². The Hall–Kier alpha value is -2.79. The minimum absolute atomic E-state index is 0.0425. The monoisotopic (exact) mass is 512 g/mol. The van der Waals surface area contributed by atoms with E-state index in [2.05, 4.69) is 0 Å². The third kappa shape index (κ3) is 2.20. The van der Waals surface area contributed by atoms with E-state index in [0.717, 1.165) is 5.56 Å². The number of benzene rings is 1. The van der Waals surface area contributed by atoms with Gasteiger partial charge in [-0.15, -0.1) is 0 Å². The zero-order chi connectivity index (χ0) is 26.3. The Kier molecular flexibility index (Phi) is 4.29. The lowest BCUT2D eigenvalue weighted by Gasteiger charge is -2.48. The van der Waals surface area contributed by atoms with E-state index >= 15 is 0 Å². The Labute approximate surface area is 212 Å². The lowest BCUT2D eigenvalue weighted by Crippen LogP contribution is -2.63. The number of hydrogen-bond donors (Lipinski definition) is 2. The minimum Gasteiger partial charge on any atom is -0.456 e. The number of aliphatic hydroxyl groups excluding tert-OH is 2. The highest BCUT2D eigenvalue weighted by molar-refractivity contribution is 6.00. The van der Waals surface area contributed by atoms with Crippen molar-refractivity contribution >= 4 is 17.9 Å². The number of fused-ring (bicyclic) bond motifs is 1. The summed E-state index contributed by atoms with van der Waals surface area (Å²) in [7, 11) is 0. The van der Waals surface area contributed by atoms with Crippen LogP contribution in [-0.2, 0) is 44.7 Å². The molecule has 196 valence electrons. The number of carbonyl (C=O) groups is 3. The second kappa shape index (κ2) is 6.79. The Bertz CT molecular complexity index is 1280. The molecule has 6 aliphatic rings. The molecule has 1 aromatic rings. The van der Waals surface area contributed by atoms with Crippen LogP contribution in [-0.4, -0.2) is 70.5 Å². The topological polar surface area (TPSA) is 138 Å². The van der Waals surface area contributed by atoms with Crippen molar-refractivity contribution in [2.24, 2.45) is 22.2 Å². The fraction of sp³-hybridized carbons (Fsp3) is 0.593. The van der Waals surface area contributed by atoms with E-state index in [1.54, 1.807) is 0 Å². The summed E-state index contributed by atoms with van der Waals surface area (Å²) in [5.74, 6) is -2.99. The smallest absolute Gasteiger partial charge is 0.344 e. The molecule has 7 rings (SSSR count). The van der Waals surface area contributed by atoms with Crippen molar-refractivity contribution in [1.82, 2.24) is 0 Å². The first-order valence-corrected chi connectivity index (χ1v) is 12.5. The van der Waals surface area contributed by atoms with Gasteiger partial charge in [-0.2, -0.15) is 0 Å². The third-order valence-electron chi connectivity index (χ3n) is 9.53.